The first-order chi connectivity index (χ1) is 20.9. The monoisotopic (exact) mass is 606 g/mol. The highest BCUT2D eigenvalue weighted by atomic mass is 32.1. The van der Waals surface area contributed by atoms with E-state index in [-0.39, 0.29) is 41.0 Å². The van der Waals surface area contributed by atoms with E-state index >= 15 is 4.39 Å². The fourth-order valence-electron chi connectivity index (χ4n) is 6.08. The molecule has 2 amide bonds. The minimum atomic E-state index is -1.02. The fourth-order valence-corrected chi connectivity index (χ4v) is 6.97. The molecule has 6 rings (SSSR count). The number of benzene rings is 1. The normalized spacial score (nSPS) is 18.4. The van der Waals surface area contributed by atoms with Crippen LogP contribution >= 0.6 is 11.3 Å². The second-order valence-corrected chi connectivity index (χ2v) is 12.5. The molecule has 0 bridgehead atoms. The van der Waals surface area contributed by atoms with Gasteiger partial charge in [-0.3, -0.25) is 24.2 Å². The molecule has 4 heterocycles. The van der Waals surface area contributed by atoms with E-state index in [0.29, 0.717) is 44.0 Å². The van der Waals surface area contributed by atoms with Crippen LogP contribution in [0.3, 0.4) is 0 Å². The Morgan fingerprint density at radius 1 is 1.09 bits per heavy atom. The summed E-state index contributed by atoms with van der Waals surface area (Å²) in [7, 11) is 0. The van der Waals surface area contributed by atoms with Crippen molar-refractivity contribution in [3.05, 3.63) is 47.7 Å². The maximum absolute atomic E-state index is 15.7. The molecule has 3 aliphatic rings. The van der Waals surface area contributed by atoms with Crippen LogP contribution in [0.15, 0.2) is 42.6 Å². The smallest absolute Gasteiger partial charge is 0.304 e. The molecule has 43 heavy (non-hydrogen) atoms. The molecule has 1 saturated carbocycles. The lowest BCUT2D eigenvalue weighted by molar-refractivity contribution is -0.141. The number of carboxylic acid groups (broad SMARTS) is 1. The number of aliphatic carboxylic acids is 1. The zero-order valence-electron chi connectivity index (χ0n) is 23.9. The molecular formula is C32H35FN4O5S. The van der Waals surface area contributed by atoms with Crippen molar-refractivity contribution in [2.75, 3.05) is 29.6 Å². The second kappa shape index (κ2) is 12.9. The number of aromatic nitrogens is 2. The van der Waals surface area contributed by atoms with Gasteiger partial charge in [-0.2, -0.15) is 4.39 Å². The van der Waals surface area contributed by atoms with E-state index in [1.54, 1.807) is 22.1 Å². The van der Waals surface area contributed by atoms with Crippen LogP contribution in [0.5, 0.6) is 0 Å². The predicted octanol–water partition coefficient (Wildman–Crippen LogP) is 5.93. The van der Waals surface area contributed by atoms with Gasteiger partial charge < -0.3 is 9.84 Å². The van der Waals surface area contributed by atoms with Gasteiger partial charge in [0.25, 0.3) is 0 Å². The molecule has 1 atom stereocenters. The summed E-state index contributed by atoms with van der Waals surface area (Å²) >= 11 is 0.822. The average molecular weight is 607 g/mol. The summed E-state index contributed by atoms with van der Waals surface area (Å²) in [5.41, 5.74) is 2.20. The molecule has 3 fully saturated rings. The summed E-state index contributed by atoms with van der Waals surface area (Å²) in [5.74, 6) is -1.14. The molecule has 0 unspecified atom stereocenters. The molecule has 0 radical (unpaired) electrons. The Morgan fingerprint density at radius 3 is 2.53 bits per heavy atom. The lowest BCUT2D eigenvalue weighted by atomic mass is 9.86. The Bertz CT molecular complexity index is 1490. The largest absolute Gasteiger partial charge is 0.481 e. The Labute approximate surface area is 253 Å². The number of thiazole rings is 1. The van der Waals surface area contributed by atoms with Gasteiger partial charge in [0.2, 0.25) is 16.9 Å². The number of anilines is 2. The van der Waals surface area contributed by atoms with Gasteiger partial charge in [0.05, 0.1) is 6.42 Å². The van der Waals surface area contributed by atoms with Gasteiger partial charge in [-0.05, 0) is 68.6 Å². The minimum absolute atomic E-state index is 0.0667. The third kappa shape index (κ3) is 6.62. The lowest BCUT2D eigenvalue weighted by Gasteiger charge is -2.29. The molecule has 11 heteroatoms. The summed E-state index contributed by atoms with van der Waals surface area (Å²) in [6.45, 7) is 1.87. The third-order valence-corrected chi connectivity index (χ3v) is 9.34. The summed E-state index contributed by atoms with van der Waals surface area (Å²) in [5, 5.41) is 9.36. The van der Waals surface area contributed by atoms with E-state index in [9.17, 15) is 19.5 Å². The highest BCUT2D eigenvalue weighted by molar-refractivity contribution is 7.14. The highest BCUT2D eigenvalue weighted by Crippen LogP contribution is 2.42. The number of hydrogen-bond acceptors (Lipinski definition) is 7. The molecule has 1 aliphatic carbocycles. The third-order valence-electron chi connectivity index (χ3n) is 8.50. The molecule has 0 spiro atoms. The number of pyridine rings is 1. The predicted molar refractivity (Wildman–Crippen MR) is 161 cm³/mol. The van der Waals surface area contributed by atoms with Gasteiger partial charge in [-0.25, -0.2) is 9.97 Å². The lowest BCUT2D eigenvalue weighted by Crippen LogP contribution is -2.40. The number of nitrogens with zero attached hydrogens (tertiary/aromatic N) is 4. The topological polar surface area (TPSA) is 113 Å². The van der Waals surface area contributed by atoms with Crippen LogP contribution in [0, 0.1) is 17.0 Å². The van der Waals surface area contributed by atoms with Crippen molar-refractivity contribution in [1.29, 1.82) is 0 Å². The first-order valence-electron chi connectivity index (χ1n) is 15.0. The maximum atomic E-state index is 15.7. The standard InChI is InChI=1S/C32H35FN4O5S/c33-30-29(25-6-2-1-5-24(25)21-8-11-26(34-19-21)36-14-4-3-7-27(36)38)35-32(43-30)37(23-9-10-23)31(41)22(18-28(39)40)17-20-12-15-42-16-13-20/h1-2,5-6,8,11,19-20,22-23H,3-4,7,9-10,12-18H2,(H,39,40)/t22-/m1/s1. The number of carboxylic acids is 1. The molecule has 226 valence electrons. The zero-order chi connectivity index (χ0) is 29.9. The second-order valence-electron chi connectivity index (χ2n) is 11.6. The van der Waals surface area contributed by atoms with Gasteiger partial charge in [0.15, 0.2) is 5.13 Å². The van der Waals surface area contributed by atoms with Gasteiger partial charge in [0, 0.05) is 55.5 Å². The molecule has 2 aromatic heterocycles. The Hall–Kier alpha value is -3.70. The number of ether oxygens (including phenoxy) is 1. The number of rotatable bonds is 10. The number of amides is 2. The van der Waals surface area contributed by atoms with Crippen LogP contribution in [0.4, 0.5) is 15.3 Å². The fraction of sp³-hybridized carbons (Fsp3) is 0.469. The van der Waals surface area contributed by atoms with Crippen LogP contribution in [-0.2, 0) is 19.1 Å². The Morgan fingerprint density at radius 2 is 1.86 bits per heavy atom. The van der Waals surface area contributed by atoms with Gasteiger partial charge in [-0.15, -0.1) is 0 Å². The number of carbonyl (C=O) groups excluding carboxylic acids is 2. The Kier molecular flexibility index (Phi) is 8.80. The summed E-state index contributed by atoms with van der Waals surface area (Å²) in [4.78, 5) is 50.5. The van der Waals surface area contributed by atoms with Gasteiger partial charge in [0.1, 0.15) is 11.5 Å². The molecule has 2 aliphatic heterocycles. The first-order valence-corrected chi connectivity index (χ1v) is 15.9. The number of carbonyl (C=O) groups is 3. The summed E-state index contributed by atoms with van der Waals surface area (Å²) < 4.78 is 21.1. The number of halogens is 1. The minimum Gasteiger partial charge on any atom is -0.481 e. The van der Waals surface area contributed by atoms with Crippen molar-refractivity contribution in [1.82, 2.24) is 9.97 Å². The maximum Gasteiger partial charge on any atom is 0.304 e. The molecule has 1 aromatic carbocycles. The molecule has 2 saturated heterocycles. The molecule has 3 aromatic rings. The van der Waals surface area contributed by atoms with E-state index in [4.69, 9.17) is 4.74 Å². The van der Waals surface area contributed by atoms with Crippen molar-refractivity contribution in [3.63, 3.8) is 0 Å². The van der Waals surface area contributed by atoms with Crippen molar-refractivity contribution in [2.45, 2.75) is 63.8 Å². The van der Waals surface area contributed by atoms with Crippen LogP contribution < -0.4 is 9.80 Å². The Balaban J connectivity index is 1.28. The van der Waals surface area contributed by atoms with E-state index < -0.39 is 17.0 Å². The van der Waals surface area contributed by atoms with Crippen molar-refractivity contribution in [3.8, 4) is 22.4 Å². The average Bonchev–Trinajstić information content (AvgIpc) is 3.78. The number of piperidine rings is 1. The highest BCUT2D eigenvalue weighted by Gasteiger charge is 2.40. The van der Waals surface area contributed by atoms with Crippen LogP contribution in [0.2, 0.25) is 0 Å². The van der Waals surface area contributed by atoms with Crippen molar-refractivity contribution >= 4 is 40.1 Å². The number of hydrogen-bond donors (Lipinski definition) is 1. The molecule has 1 N–H and O–H groups in total. The summed E-state index contributed by atoms with van der Waals surface area (Å²) in [6.07, 6.45) is 7.37. The van der Waals surface area contributed by atoms with Crippen LogP contribution in [0.1, 0.15) is 57.8 Å². The van der Waals surface area contributed by atoms with E-state index in [2.05, 4.69) is 9.97 Å². The zero-order valence-corrected chi connectivity index (χ0v) is 24.7. The molecule has 9 nitrogen and oxygen atoms in total. The van der Waals surface area contributed by atoms with Crippen molar-refractivity contribution in [2.24, 2.45) is 11.8 Å². The van der Waals surface area contributed by atoms with E-state index in [1.165, 1.54) is 0 Å². The summed E-state index contributed by atoms with van der Waals surface area (Å²) in [6, 6.07) is 10.9. The van der Waals surface area contributed by atoms with Gasteiger partial charge in [-0.1, -0.05) is 35.6 Å². The van der Waals surface area contributed by atoms with Crippen LogP contribution in [-0.4, -0.2) is 58.7 Å². The SMILES string of the molecule is O=C(O)C[C@@H](CC1CCOCC1)C(=O)N(c1nc(-c2ccccc2-c2ccc(N3CCCCC3=O)nc2)c(F)s1)C1CC1. The molecular weight excluding hydrogens is 571 g/mol. The van der Waals surface area contributed by atoms with E-state index in [0.717, 1.165) is 61.0 Å². The quantitative estimate of drug-likeness (QED) is 0.304. The van der Waals surface area contributed by atoms with Crippen LogP contribution in [0.25, 0.3) is 22.4 Å². The van der Waals surface area contributed by atoms with E-state index in [1.807, 2.05) is 30.3 Å². The van der Waals surface area contributed by atoms with Gasteiger partial charge >= 0.3 is 5.97 Å². The van der Waals surface area contributed by atoms with Crippen molar-refractivity contribution < 1.29 is 28.6 Å². The first kappa shape index (κ1) is 29.4.